The zero-order valence-electron chi connectivity index (χ0n) is 13.4. The van der Waals surface area contributed by atoms with Crippen LogP contribution in [-0.4, -0.2) is 29.8 Å². The molecule has 21 heavy (non-hydrogen) atoms. The van der Waals surface area contributed by atoms with E-state index in [1.807, 2.05) is 33.8 Å². The Labute approximate surface area is 126 Å². The van der Waals surface area contributed by atoms with Crippen LogP contribution in [0.1, 0.15) is 39.5 Å². The lowest BCUT2D eigenvalue weighted by atomic mass is 9.92. The van der Waals surface area contributed by atoms with E-state index in [1.54, 1.807) is 31.8 Å². The maximum Gasteiger partial charge on any atom is 0.407 e. The van der Waals surface area contributed by atoms with E-state index in [2.05, 4.69) is 0 Å². The third kappa shape index (κ3) is 5.17. The summed E-state index contributed by atoms with van der Waals surface area (Å²) in [6, 6.07) is 3.19. The first kappa shape index (κ1) is 17.1. The van der Waals surface area contributed by atoms with Crippen LogP contribution >= 0.6 is 0 Å². The summed E-state index contributed by atoms with van der Waals surface area (Å²) in [7, 11) is 1.56. The number of amides is 1. The molecule has 0 aromatic carbocycles. The van der Waals surface area contributed by atoms with Gasteiger partial charge >= 0.3 is 6.09 Å². The molecule has 1 N–H and O–H groups in total. The van der Waals surface area contributed by atoms with Crippen LogP contribution in [0.2, 0.25) is 0 Å². The first-order chi connectivity index (χ1) is 9.76. The van der Waals surface area contributed by atoms with Gasteiger partial charge in [-0.2, -0.15) is 0 Å². The predicted octanol–water partition coefficient (Wildman–Crippen LogP) is 4.14. The second-order valence-electron chi connectivity index (χ2n) is 6.35. The van der Waals surface area contributed by atoms with E-state index in [9.17, 15) is 9.90 Å². The third-order valence-electron chi connectivity index (χ3n) is 3.08. The molecule has 1 rings (SSSR count). The van der Waals surface area contributed by atoms with Gasteiger partial charge in [-0.3, -0.25) is 4.90 Å². The smallest absolute Gasteiger partial charge is 0.407 e. The summed E-state index contributed by atoms with van der Waals surface area (Å²) in [6.45, 7) is 8.40. The monoisotopic (exact) mass is 295 g/mol. The largest absolute Gasteiger partial charge is 0.505 e. The molecule has 0 spiro atoms. The Morgan fingerprint density at radius 3 is 2.62 bits per heavy atom. The molecule has 0 aliphatic carbocycles. The van der Waals surface area contributed by atoms with Gasteiger partial charge in [-0.25, -0.2) is 4.79 Å². The van der Waals surface area contributed by atoms with Gasteiger partial charge in [0.2, 0.25) is 0 Å². The molecule has 5 heteroatoms. The molecule has 0 unspecified atom stereocenters. The van der Waals surface area contributed by atoms with Gasteiger partial charge in [-0.05, 0) is 23.6 Å². The van der Waals surface area contributed by atoms with E-state index in [0.29, 0.717) is 12.3 Å². The zero-order valence-corrected chi connectivity index (χ0v) is 13.4. The highest BCUT2D eigenvalue weighted by molar-refractivity contribution is 5.65. The number of furan rings is 1. The summed E-state index contributed by atoms with van der Waals surface area (Å²) >= 11 is 0. The van der Waals surface area contributed by atoms with Crippen molar-refractivity contribution in [2.45, 2.75) is 33.7 Å². The summed E-state index contributed by atoms with van der Waals surface area (Å²) < 4.78 is 10.4. The number of carbonyl (C=O) groups is 1. The molecule has 118 valence electrons. The van der Waals surface area contributed by atoms with Crippen LogP contribution in [-0.2, 0) is 4.74 Å². The first-order valence-corrected chi connectivity index (χ1v) is 6.98. The van der Waals surface area contributed by atoms with Crippen LogP contribution in [0.15, 0.2) is 35.2 Å². The normalized spacial score (nSPS) is 14.9. The molecular formula is C16H25NO4. The summed E-state index contributed by atoms with van der Waals surface area (Å²) in [5, 5.41) is 9.61. The van der Waals surface area contributed by atoms with Crippen molar-refractivity contribution in [2.24, 2.45) is 11.3 Å². The lowest BCUT2D eigenvalue weighted by molar-refractivity contribution is 0.0821. The molecule has 0 saturated heterocycles. The average Bonchev–Trinajstić information content (AvgIpc) is 2.87. The van der Waals surface area contributed by atoms with Gasteiger partial charge in [0.15, 0.2) is 0 Å². The lowest BCUT2D eigenvalue weighted by Crippen LogP contribution is -2.41. The minimum absolute atomic E-state index is 0.0745. The summed E-state index contributed by atoms with van der Waals surface area (Å²) in [4.78, 5) is 13.2. The molecule has 0 aliphatic heterocycles. The fourth-order valence-electron chi connectivity index (χ4n) is 2.26. The highest BCUT2D eigenvalue weighted by Gasteiger charge is 2.33. The topological polar surface area (TPSA) is 62.9 Å². The van der Waals surface area contributed by atoms with Crippen molar-refractivity contribution in [3.63, 3.8) is 0 Å². The van der Waals surface area contributed by atoms with Crippen LogP contribution in [0.3, 0.4) is 0 Å². The van der Waals surface area contributed by atoms with Gasteiger partial charge in [-0.15, -0.1) is 0 Å². The molecule has 2 atom stereocenters. The number of carboxylic acid groups (broad SMARTS) is 1. The fourth-order valence-corrected chi connectivity index (χ4v) is 2.26. The van der Waals surface area contributed by atoms with E-state index >= 15 is 0 Å². The molecule has 0 bridgehead atoms. The Balaban J connectivity index is 3.13. The van der Waals surface area contributed by atoms with Crippen LogP contribution in [0, 0.1) is 11.3 Å². The van der Waals surface area contributed by atoms with Crippen LogP contribution < -0.4 is 0 Å². The summed E-state index contributed by atoms with van der Waals surface area (Å²) in [5.41, 5.74) is -0.145. The van der Waals surface area contributed by atoms with E-state index < -0.39 is 6.09 Å². The SMILES string of the molecule is COC=C[C@@H](C)[C@@H](c1ccco1)N(CC(C)(C)C)C(=O)O. The zero-order chi connectivity index (χ0) is 16.0. The van der Waals surface area contributed by atoms with E-state index in [4.69, 9.17) is 9.15 Å². The summed E-state index contributed by atoms with van der Waals surface area (Å²) in [5.74, 6) is 0.560. The van der Waals surface area contributed by atoms with Crippen molar-refractivity contribution in [1.82, 2.24) is 4.90 Å². The second kappa shape index (κ2) is 7.20. The highest BCUT2D eigenvalue weighted by atomic mass is 16.5. The minimum atomic E-state index is -0.955. The van der Waals surface area contributed by atoms with Crippen LogP contribution in [0.5, 0.6) is 0 Å². The third-order valence-corrected chi connectivity index (χ3v) is 3.08. The van der Waals surface area contributed by atoms with Gasteiger partial charge < -0.3 is 14.3 Å². The Kier molecular flexibility index (Phi) is 5.88. The Morgan fingerprint density at radius 1 is 1.52 bits per heavy atom. The standard InChI is InChI=1S/C16H25NO4/c1-12(8-10-20-5)14(13-7-6-9-21-13)17(15(18)19)11-16(2,3)4/h6-10,12,14H,11H2,1-5H3,(H,18,19)/t12-,14+/m1/s1. The Hall–Kier alpha value is -1.91. The van der Waals surface area contributed by atoms with Crippen molar-refractivity contribution in [1.29, 1.82) is 0 Å². The van der Waals surface area contributed by atoms with E-state index in [1.165, 1.54) is 4.90 Å². The minimum Gasteiger partial charge on any atom is -0.505 e. The van der Waals surface area contributed by atoms with Crippen molar-refractivity contribution < 1.29 is 19.1 Å². The van der Waals surface area contributed by atoms with Crippen LogP contribution in [0.4, 0.5) is 4.79 Å². The average molecular weight is 295 g/mol. The maximum absolute atomic E-state index is 11.7. The molecule has 1 aromatic rings. The van der Waals surface area contributed by atoms with Crippen molar-refractivity contribution >= 4 is 6.09 Å². The predicted molar refractivity (Wildman–Crippen MR) is 80.9 cm³/mol. The second-order valence-corrected chi connectivity index (χ2v) is 6.35. The summed E-state index contributed by atoms with van der Waals surface area (Å²) in [6.07, 6.45) is 4.01. The quantitative estimate of drug-likeness (QED) is 0.801. The van der Waals surface area contributed by atoms with E-state index in [0.717, 1.165) is 0 Å². The number of nitrogens with zero attached hydrogens (tertiary/aromatic N) is 1. The molecule has 1 amide bonds. The van der Waals surface area contributed by atoms with Gasteiger partial charge in [0.1, 0.15) is 5.76 Å². The van der Waals surface area contributed by atoms with Crippen molar-refractivity contribution in [3.8, 4) is 0 Å². The molecular weight excluding hydrogens is 270 g/mol. The number of rotatable bonds is 6. The van der Waals surface area contributed by atoms with Crippen molar-refractivity contribution in [3.05, 3.63) is 36.5 Å². The maximum atomic E-state index is 11.7. The molecule has 1 aromatic heterocycles. The van der Waals surface area contributed by atoms with Crippen molar-refractivity contribution in [2.75, 3.05) is 13.7 Å². The first-order valence-electron chi connectivity index (χ1n) is 6.98. The molecule has 0 fully saturated rings. The number of ether oxygens (including phenoxy) is 1. The molecule has 0 saturated carbocycles. The molecule has 1 heterocycles. The molecule has 0 aliphatic rings. The fraction of sp³-hybridized carbons (Fsp3) is 0.562. The Morgan fingerprint density at radius 2 is 2.19 bits per heavy atom. The van der Waals surface area contributed by atoms with Gasteiger partial charge in [-0.1, -0.05) is 27.7 Å². The number of hydrogen-bond acceptors (Lipinski definition) is 3. The lowest BCUT2D eigenvalue weighted by Gasteiger charge is -2.35. The molecule has 5 nitrogen and oxygen atoms in total. The van der Waals surface area contributed by atoms with E-state index in [-0.39, 0.29) is 17.4 Å². The Bertz CT molecular complexity index is 459. The van der Waals surface area contributed by atoms with Crippen LogP contribution in [0.25, 0.3) is 0 Å². The van der Waals surface area contributed by atoms with Gasteiger partial charge in [0.05, 0.1) is 25.7 Å². The van der Waals surface area contributed by atoms with Gasteiger partial charge in [0, 0.05) is 12.5 Å². The number of hydrogen-bond donors (Lipinski definition) is 1. The highest BCUT2D eigenvalue weighted by Crippen LogP contribution is 2.32. The number of methoxy groups -OCH3 is 1. The molecule has 0 radical (unpaired) electrons. The van der Waals surface area contributed by atoms with Gasteiger partial charge in [0.25, 0.3) is 0 Å².